The highest BCUT2D eigenvalue weighted by atomic mass is 32.1. The standard InChI is InChI=1S/C19H26N4O2S/c1-4-20-19(22-10-8-18-13(2)23-14(3)26-18)21-9-7-15-5-6-16-17(11-15)25-12-24-16/h5-6,11H,4,7-10,12H2,1-3H3,(H2,20,21,22). The number of hydrogen-bond donors (Lipinski definition) is 2. The van der Waals surface area contributed by atoms with Gasteiger partial charge in [0.05, 0.1) is 10.7 Å². The van der Waals surface area contributed by atoms with Crippen molar-refractivity contribution < 1.29 is 9.47 Å². The first-order chi connectivity index (χ1) is 12.7. The van der Waals surface area contributed by atoms with Crippen molar-refractivity contribution in [2.75, 3.05) is 26.4 Å². The summed E-state index contributed by atoms with van der Waals surface area (Å²) in [4.78, 5) is 10.5. The first kappa shape index (κ1) is 18.5. The Labute approximate surface area is 158 Å². The highest BCUT2D eigenvalue weighted by Crippen LogP contribution is 2.32. The van der Waals surface area contributed by atoms with Gasteiger partial charge in [-0.3, -0.25) is 4.99 Å². The van der Waals surface area contributed by atoms with E-state index >= 15 is 0 Å². The van der Waals surface area contributed by atoms with Crippen LogP contribution in [0.15, 0.2) is 23.2 Å². The molecule has 26 heavy (non-hydrogen) atoms. The summed E-state index contributed by atoms with van der Waals surface area (Å²) in [6.45, 7) is 8.91. The van der Waals surface area contributed by atoms with E-state index in [0.717, 1.165) is 60.6 Å². The second-order valence-electron chi connectivity index (χ2n) is 6.12. The molecule has 0 atom stereocenters. The molecule has 0 unspecified atom stereocenters. The molecule has 0 spiro atoms. The quantitative estimate of drug-likeness (QED) is 0.576. The molecule has 0 saturated carbocycles. The number of thiazole rings is 1. The Balaban J connectivity index is 1.49. The number of guanidine groups is 1. The van der Waals surface area contributed by atoms with Crippen molar-refractivity contribution in [1.29, 1.82) is 0 Å². The minimum atomic E-state index is 0.313. The van der Waals surface area contributed by atoms with Crippen LogP contribution >= 0.6 is 11.3 Å². The van der Waals surface area contributed by atoms with Gasteiger partial charge in [-0.25, -0.2) is 4.98 Å². The molecule has 0 fully saturated rings. The van der Waals surface area contributed by atoms with Crippen LogP contribution in [0.25, 0.3) is 0 Å². The van der Waals surface area contributed by atoms with Crippen LogP contribution in [0.5, 0.6) is 11.5 Å². The molecule has 6 nitrogen and oxygen atoms in total. The monoisotopic (exact) mass is 374 g/mol. The first-order valence-electron chi connectivity index (χ1n) is 8.99. The maximum Gasteiger partial charge on any atom is 0.231 e. The van der Waals surface area contributed by atoms with Crippen LogP contribution in [0.4, 0.5) is 0 Å². The summed E-state index contributed by atoms with van der Waals surface area (Å²) in [7, 11) is 0. The van der Waals surface area contributed by atoms with E-state index in [1.54, 1.807) is 11.3 Å². The van der Waals surface area contributed by atoms with Gasteiger partial charge >= 0.3 is 0 Å². The zero-order valence-electron chi connectivity index (χ0n) is 15.6. The number of nitrogens with zero attached hydrogens (tertiary/aromatic N) is 2. The molecule has 2 aromatic rings. The molecule has 7 heteroatoms. The number of hydrogen-bond acceptors (Lipinski definition) is 5. The SMILES string of the molecule is CCNC(=NCCc1sc(C)nc1C)NCCc1ccc2c(c1)OCO2. The summed E-state index contributed by atoms with van der Waals surface area (Å²) in [5.41, 5.74) is 2.34. The minimum Gasteiger partial charge on any atom is -0.454 e. The summed E-state index contributed by atoms with van der Waals surface area (Å²) in [5, 5.41) is 7.82. The lowest BCUT2D eigenvalue weighted by Gasteiger charge is -2.11. The highest BCUT2D eigenvalue weighted by Gasteiger charge is 2.13. The highest BCUT2D eigenvalue weighted by molar-refractivity contribution is 7.11. The molecule has 3 rings (SSSR count). The predicted octanol–water partition coefficient (Wildman–Crippen LogP) is 2.83. The summed E-state index contributed by atoms with van der Waals surface area (Å²) in [6.07, 6.45) is 1.82. The van der Waals surface area contributed by atoms with Crippen molar-refractivity contribution in [3.8, 4) is 11.5 Å². The Morgan fingerprint density at radius 2 is 2.04 bits per heavy atom. The lowest BCUT2D eigenvalue weighted by atomic mass is 10.1. The summed E-state index contributed by atoms with van der Waals surface area (Å²) in [5.74, 6) is 2.51. The number of nitrogens with one attached hydrogen (secondary N) is 2. The Bertz CT molecular complexity index is 773. The van der Waals surface area contributed by atoms with Gasteiger partial charge < -0.3 is 20.1 Å². The van der Waals surface area contributed by atoms with Crippen molar-refractivity contribution in [3.05, 3.63) is 39.3 Å². The van der Waals surface area contributed by atoms with Gasteiger partial charge in [0.15, 0.2) is 17.5 Å². The van der Waals surface area contributed by atoms with Gasteiger partial charge in [0, 0.05) is 30.9 Å². The van der Waals surface area contributed by atoms with Crippen molar-refractivity contribution in [1.82, 2.24) is 15.6 Å². The summed E-state index contributed by atoms with van der Waals surface area (Å²) in [6, 6.07) is 6.09. The van der Waals surface area contributed by atoms with Crippen molar-refractivity contribution in [3.63, 3.8) is 0 Å². The van der Waals surface area contributed by atoms with Gasteiger partial charge in [-0.05, 0) is 44.9 Å². The smallest absolute Gasteiger partial charge is 0.231 e. The van der Waals surface area contributed by atoms with E-state index in [-0.39, 0.29) is 0 Å². The van der Waals surface area contributed by atoms with Crippen molar-refractivity contribution in [2.24, 2.45) is 4.99 Å². The average Bonchev–Trinajstić information content (AvgIpc) is 3.20. The van der Waals surface area contributed by atoms with Crippen LogP contribution in [0.1, 0.15) is 28.1 Å². The Morgan fingerprint density at radius 1 is 1.19 bits per heavy atom. The number of benzene rings is 1. The largest absolute Gasteiger partial charge is 0.454 e. The normalized spacial score (nSPS) is 13.1. The molecular weight excluding hydrogens is 348 g/mol. The number of aromatic nitrogens is 1. The van der Waals surface area contributed by atoms with Gasteiger partial charge in [0.25, 0.3) is 0 Å². The van der Waals surface area contributed by atoms with E-state index in [1.807, 2.05) is 19.1 Å². The molecule has 0 amide bonds. The van der Waals surface area contributed by atoms with E-state index in [2.05, 4.69) is 40.5 Å². The fraction of sp³-hybridized carbons (Fsp3) is 0.474. The van der Waals surface area contributed by atoms with E-state index in [4.69, 9.17) is 9.47 Å². The second-order valence-corrected chi connectivity index (χ2v) is 7.40. The molecule has 0 saturated heterocycles. The van der Waals surface area contributed by atoms with Crippen LogP contribution in [0, 0.1) is 13.8 Å². The van der Waals surface area contributed by atoms with E-state index in [1.165, 1.54) is 10.4 Å². The molecule has 0 radical (unpaired) electrons. The third-order valence-corrected chi connectivity index (χ3v) is 5.23. The van der Waals surface area contributed by atoms with Crippen molar-refractivity contribution >= 4 is 17.3 Å². The van der Waals surface area contributed by atoms with Gasteiger partial charge in [-0.2, -0.15) is 0 Å². The molecule has 140 valence electrons. The Kier molecular flexibility index (Phi) is 6.33. The maximum atomic E-state index is 5.43. The number of rotatable bonds is 7. The second kappa shape index (κ2) is 8.89. The molecule has 1 aliphatic rings. The van der Waals surface area contributed by atoms with Gasteiger partial charge in [-0.1, -0.05) is 6.07 Å². The molecular formula is C19H26N4O2S. The summed E-state index contributed by atoms with van der Waals surface area (Å²) < 4.78 is 10.8. The first-order valence-corrected chi connectivity index (χ1v) is 9.81. The Hall–Kier alpha value is -2.28. The Morgan fingerprint density at radius 3 is 2.81 bits per heavy atom. The van der Waals surface area contributed by atoms with Crippen LogP contribution in [0.3, 0.4) is 0 Å². The molecule has 2 N–H and O–H groups in total. The van der Waals surface area contributed by atoms with Crippen LogP contribution in [0.2, 0.25) is 0 Å². The third kappa shape index (κ3) is 4.88. The molecule has 2 heterocycles. The van der Waals surface area contributed by atoms with Gasteiger partial charge in [0.1, 0.15) is 0 Å². The van der Waals surface area contributed by atoms with E-state index < -0.39 is 0 Å². The number of aryl methyl sites for hydroxylation is 2. The fourth-order valence-electron chi connectivity index (χ4n) is 2.84. The number of ether oxygens (including phenoxy) is 2. The number of aliphatic imine (C=N–C) groups is 1. The average molecular weight is 375 g/mol. The van der Waals surface area contributed by atoms with Crippen LogP contribution in [-0.2, 0) is 12.8 Å². The fourth-order valence-corrected chi connectivity index (χ4v) is 3.76. The topological polar surface area (TPSA) is 67.8 Å². The summed E-state index contributed by atoms with van der Waals surface area (Å²) >= 11 is 1.76. The maximum absolute atomic E-state index is 5.43. The zero-order valence-corrected chi connectivity index (χ0v) is 16.4. The molecule has 0 aliphatic carbocycles. The van der Waals surface area contributed by atoms with Gasteiger partial charge in [0.2, 0.25) is 6.79 Å². The number of fused-ring (bicyclic) bond motifs is 1. The molecule has 0 bridgehead atoms. The van der Waals surface area contributed by atoms with Crippen LogP contribution in [-0.4, -0.2) is 37.4 Å². The van der Waals surface area contributed by atoms with Crippen LogP contribution < -0.4 is 20.1 Å². The lowest BCUT2D eigenvalue weighted by molar-refractivity contribution is 0.174. The van der Waals surface area contributed by atoms with E-state index in [0.29, 0.717) is 6.79 Å². The van der Waals surface area contributed by atoms with Gasteiger partial charge in [-0.15, -0.1) is 11.3 Å². The molecule has 1 aromatic heterocycles. The lowest BCUT2D eigenvalue weighted by Crippen LogP contribution is -2.38. The van der Waals surface area contributed by atoms with Crippen molar-refractivity contribution in [2.45, 2.75) is 33.6 Å². The molecule has 1 aromatic carbocycles. The molecule has 1 aliphatic heterocycles. The zero-order chi connectivity index (χ0) is 18.4. The third-order valence-electron chi connectivity index (χ3n) is 4.10. The van der Waals surface area contributed by atoms with E-state index in [9.17, 15) is 0 Å². The minimum absolute atomic E-state index is 0.313. The predicted molar refractivity (Wildman–Crippen MR) is 106 cm³/mol.